The average molecular weight is 285 g/mol. The Bertz CT molecular complexity index is 626. The van der Waals surface area contributed by atoms with Crippen LogP contribution in [0.15, 0.2) is 42.5 Å². The smallest absolute Gasteiger partial charge is 0.128 e. The van der Waals surface area contributed by atoms with Crippen molar-refractivity contribution in [3.63, 3.8) is 0 Å². The Kier molecular flexibility index (Phi) is 4.20. The van der Waals surface area contributed by atoms with Crippen molar-refractivity contribution < 1.29 is 9.13 Å². The topological polar surface area (TPSA) is 21.3 Å². The number of ether oxygens (including phenoxy) is 1. The Hall–Kier alpha value is -1.87. The van der Waals surface area contributed by atoms with Gasteiger partial charge in [0.2, 0.25) is 0 Å². The van der Waals surface area contributed by atoms with E-state index in [0.717, 1.165) is 12.2 Å². The predicted octanol–water partition coefficient (Wildman–Crippen LogP) is 3.65. The Labute approximate surface area is 125 Å². The van der Waals surface area contributed by atoms with Crippen LogP contribution in [0, 0.1) is 5.82 Å². The first-order chi connectivity index (χ1) is 10.3. The first kappa shape index (κ1) is 14.1. The molecule has 0 spiro atoms. The molecule has 0 saturated carbocycles. The fourth-order valence-corrected chi connectivity index (χ4v) is 2.90. The molecule has 2 nitrogen and oxygen atoms in total. The van der Waals surface area contributed by atoms with Crippen LogP contribution in [0.3, 0.4) is 0 Å². The van der Waals surface area contributed by atoms with Crippen molar-refractivity contribution >= 4 is 0 Å². The lowest BCUT2D eigenvalue weighted by atomic mass is 10.1. The van der Waals surface area contributed by atoms with Crippen LogP contribution in [0.2, 0.25) is 0 Å². The van der Waals surface area contributed by atoms with Gasteiger partial charge in [0.1, 0.15) is 18.2 Å². The SMILES string of the molecule is CNC(COc1ccc2c(c1)CCC2)c1ccccc1F. The van der Waals surface area contributed by atoms with Gasteiger partial charge in [-0.3, -0.25) is 0 Å². The molecule has 0 radical (unpaired) electrons. The van der Waals surface area contributed by atoms with E-state index < -0.39 is 0 Å². The third kappa shape index (κ3) is 3.08. The summed E-state index contributed by atoms with van der Waals surface area (Å²) in [5.74, 6) is 0.668. The number of hydrogen-bond donors (Lipinski definition) is 1. The van der Waals surface area contributed by atoms with Crippen LogP contribution < -0.4 is 10.1 Å². The van der Waals surface area contributed by atoms with Gasteiger partial charge in [-0.2, -0.15) is 0 Å². The molecule has 21 heavy (non-hydrogen) atoms. The monoisotopic (exact) mass is 285 g/mol. The maximum Gasteiger partial charge on any atom is 0.128 e. The quantitative estimate of drug-likeness (QED) is 0.905. The van der Waals surface area contributed by atoms with Crippen molar-refractivity contribution in [2.45, 2.75) is 25.3 Å². The Morgan fingerprint density at radius 1 is 1.14 bits per heavy atom. The summed E-state index contributed by atoms with van der Waals surface area (Å²) in [4.78, 5) is 0. The van der Waals surface area contributed by atoms with E-state index in [1.54, 1.807) is 12.1 Å². The molecule has 3 heteroatoms. The summed E-state index contributed by atoms with van der Waals surface area (Å²) in [5.41, 5.74) is 3.46. The maximum atomic E-state index is 13.8. The second-order valence-corrected chi connectivity index (χ2v) is 5.46. The third-order valence-corrected chi connectivity index (χ3v) is 4.12. The van der Waals surface area contributed by atoms with E-state index >= 15 is 0 Å². The molecule has 1 N–H and O–H groups in total. The fourth-order valence-electron chi connectivity index (χ4n) is 2.90. The molecule has 0 aliphatic heterocycles. The van der Waals surface area contributed by atoms with E-state index in [-0.39, 0.29) is 11.9 Å². The van der Waals surface area contributed by atoms with Crippen LogP contribution >= 0.6 is 0 Å². The van der Waals surface area contributed by atoms with Crippen LogP contribution in [0.4, 0.5) is 4.39 Å². The van der Waals surface area contributed by atoms with Crippen LogP contribution in [-0.4, -0.2) is 13.7 Å². The molecule has 3 rings (SSSR count). The van der Waals surface area contributed by atoms with Gasteiger partial charge >= 0.3 is 0 Å². The summed E-state index contributed by atoms with van der Waals surface area (Å²) >= 11 is 0. The molecule has 0 amide bonds. The van der Waals surface area contributed by atoms with Gasteiger partial charge in [0.25, 0.3) is 0 Å². The van der Waals surface area contributed by atoms with Gasteiger partial charge in [-0.15, -0.1) is 0 Å². The molecule has 2 aromatic carbocycles. The second-order valence-electron chi connectivity index (χ2n) is 5.46. The lowest BCUT2D eigenvalue weighted by molar-refractivity contribution is 0.269. The largest absolute Gasteiger partial charge is 0.492 e. The van der Waals surface area contributed by atoms with Gasteiger partial charge in [-0.05, 0) is 55.6 Å². The molecule has 1 atom stereocenters. The molecule has 0 saturated heterocycles. The number of hydrogen-bond acceptors (Lipinski definition) is 2. The molecule has 1 aliphatic carbocycles. The van der Waals surface area contributed by atoms with E-state index in [4.69, 9.17) is 4.74 Å². The minimum atomic E-state index is -0.200. The molecular formula is C18H20FNO. The van der Waals surface area contributed by atoms with Crippen molar-refractivity contribution in [1.29, 1.82) is 0 Å². The molecular weight excluding hydrogens is 265 g/mol. The van der Waals surface area contributed by atoms with E-state index in [1.165, 1.54) is 30.0 Å². The van der Waals surface area contributed by atoms with Crippen molar-refractivity contribution in [2.75, 3.05) is 13.7 Å². The van der Waals surface area contributed by atoms with Gasteiger partial charge in [-0.25, -0.2) is 4.39 Å². The van der Waals surface area contributed by atoms with Crippen LogP contribution in [0.1, 0.15) is 29.2 Å². The van der Waals surface area contributed by atoms with E-state index in [1.807, 2.05) is 19.2 Å². The minimum Gasteiger partial charge on any atom is -0.492 e. The number of fused-ring (bicyclic) bond motifs is 1. The van der Waals surface area contributed by atoms with Crippen LogP contribution in [0.25, 0.3) is 0 Å². The first-order valence-electron chi connectivity index (χ1n) is 7.44. The van der Waals surface area contributed by atoms with Gasteiger partial charge in [0, 0.05) is 5.56 Å². The zero-order chi connectivity index (χ0) is 14.7. The number of benzene rings is 2. The Morgan fingerprint density at radius 3 is 2.76 bits per heavy atom. The number of likely N-dealkylation sites (N-methyl/N-ethyl adjacent to an activating group) is 1. The lowest BCUT2D eigenvalue weighted by Crippen LogP contribution is -2.24. The molecule has 1 aliphatic rings. The maximum absolute atomic E-state index is 13.8. The molecule has 2 aromatic rings. The van der Waals surface area contributed by atoms with E-state index in [2.05, 4.69) is 17.4 Å². The summed E-state index contributed by atoms with van der Waals surface area (Å²) in [5, 5.41) is 3.12. The van der Waals surface area contributed by atoms with Crippen molar-refractivity contribution in [3.05, 3.63) is 65.0 Å². The zero-order valence-electron chi connectivity index (χ0n) is 12.2. The summed E-state index contributed by atoms with van der Waals surface area (Å²) in [6, 6.07) is 13.0. The van der Waals surface area contributed by atoms with Gasteiger partial charge in [-0.1, -0.05) is 24.3 Å². The van der Waals surface area contributed by atoms with Crippen molar-refractivity contribution in [2.24, 2.45) is 0 Å². The first-order valence-corrected chi connectivity index (χ1v) is 7.44. The number of aryl methyl sites for hydroxylation is 2. The fraction of sp³-hybridized carbons (Fsp3) is 0.333. The summed E-state index contributed by atoms with van der Waals surface area (Å²) in [7, 11) is 1.82. The van der Waals surface area contributed by atoms with Gasteiger partial charge < -0.3 is 10.1 Å². The highest BCUT2D eigenvalue weighted by Crippen LogP contribution is 2.27. The number of nitrogens with one attached hydrogen (secondary N) is 1. The highest BCUT2D eigenvalue weighted by molar-refractivity contribution is 5.38. The normalized spacial score (nSPS) is 14.8. The summed E-state index contributed by atoms with van der Waals surface area (Å²) < 4.78 is 19.7. The molecule has 0 aromatic heterocycles. The molecule has 110 valence electrons. The molecule has 0 heterocycles. The standard InChI is InChI=1S/C18H20FNO/c1-20-18(16-7-2-3-8-17(16)19)12-21-15-10-9-13-5-4-6-14(13)11-15/h2-3,7-11,18,20H,4-6,12H2,1H3. The summed E-state index contributed by atoms with van der Waals surface area (Å²) in [6.07, 6.45) is 3.53. The van der Waals surface area contributed by atoms with Gasteiger partial charge in [0.15, 0.2) is 0 Å². The van der Waals surface area contributed by atoms with Crippen molar-refractivity contribution in [1.82, 2.24) is 5.32 Å². The summed E-state index contributed by atoms with van der Waals surface area (Å²) in [6.45, 7) is 0.413. The molecule has 1 unspecified atom stereocenters. The number of rotatable bonds is 5. The van der Waals surface area contributed by atoms with Crippen molar-refractivity contribution in [3.8, 4) is 5.75 Å². The van der Waals surface area contributed by atoms with E-state index in [0.29, 0.717) is 12.2 Å². The average Bonchev–Trinajstić information content (AvgIpc) is 2.97. The van der Waals surface area contributed by atoms with Crippen LogP contribution in [-0.2, 0) is 12.8 Å². The highest BCUT2D eigenvalue weighted by atomic mass is 19.1. The van der Waals surface area contributed by atoms with Gasteiger partial charge in [0.05, 0.1) is 6.04 Å². The molecule has 0 fully saturated rings. The number of halogens is 1. The highest BCUT2D eigenvalue weighted by Gasteiger charge is 2.15. The minimum absolute atomic E-state index is 0.153. The Balaban J connectivity index is 1.70. The van der Waals surface area contributed by atoms with E-state index in [9.17, 15) is 4.39 Å². The Morgan fingerprint density at radius 2 is 1.95 bits per heavy atom. The predicted molar refractivity (Wildman–Crippen MR) is 82.2 cm³/mol. The van der Waals surface area contributed by atoms with Crippen LogP contribution in [0.5, 0.6) is 5.75 Å². The molecule has 0 bridgehead atoms. The third-order valence-electron chi connectivity index (χ3n) is 4.12. The second kappa shape index (κ2) is 6.27. The zero-order valence-corrected chi connectivity index (χ0v) is 12.2. The lowest BCUT2D eigenvalue weighted by Gasteiger charge is -2.18.